The summed E-state index contributed by atoms with van der Waals surface area (Å²) in [6, 6.07) is 2.32. The maximum atomic E-state index is 12.5. The molecule has 26 heavy (non-hydrogen) atoms. The number of ether oxygens (including phenoxy) is 1. The van der Waals surface area contributed by atoms with Crippen LogP contribution in [0.2, 0.25) is 0 Å². The standard InChI is InChI=1S/C19H29N3O3S/c1-14-13-22(8-7-21(14)9-10-25-2)18(23)12-20-19(24)17-11-15-5-3-4-6-16(15)26-17/h11,14H,3-10,12-13H2,1-2H3,(H,20,24)/t14-/m1/s1. The van der Waals surface area contributed by atoms with E-state index in [2.05, 4.69) is 17.1 Å². The summed E-state index contributed by atoms with van der Waals surface area (Å²) in [5, 5.41) is 2.81. The van der Waals surface area contributed by atoms with Crippen LogP contribution < -0.4 is 5.32 Å². The molecule has 1 aliphatic carbocycles. The van der Waals surface area contributed by atoms with E-state index in [1.165, 1.54) is 23.3 Å². The van der Waals surface area contributed by atoms with Gasteiger partial charge in [0, 0.05) is 44.2 Å². The van der Waals surface area contributed by atoms with Crippen molar-refractivity contribution < 1.29 is 14.3 Å². The molecule has 2 amide bonds. The van der Waals surface area contributed by atoms with E-state index >= 15 is 0 Å². The van der Waals surface area contributed by atoms with E-state index in [0.717, 1.165) is 30.8 Å². The number of amides is 2. The smallest absolute Gasteiger partial charge is 0.261 e. The van der Waals surface area contributed by atoms with Crippen molar-refractivity contribution in [2.45, 2.75) is 38.6 Å². The maximum absolute atomic E-state index is 12.5. The average molecular weight is 380 g/mol. The molecule has 0 unspecified atom stereocenters. The number of hydrogen-bond acceptors (Lipinski definition) is 5. The second kappa shape index (κ2) is 8.97. The number of rotatable bonds is 6. The third-order valence-electron chi connectivity index (χ3n) is 5.32. The highest BCUT2D eigenvalue weighted by atomic mass is 32.1. The summed E-state index contributed by atoms with van der Waals surface area (Å²) in [4.78, 5) is 31.1. The number of piperazine rings is 1. The molecule has 6 nitrogen and oxygen atoms in total. The van der Waals surface area contributed by atoms with Crippen molar-refractivity contribution in [1.82, 2.24) is 15.1 Å². The van der Waals surface area contributed by atoms with Gasteiger partial charge in [0.1, 0.15) is 0 Å². The first-order chi connectivity index (χ1) is 12.6. The fourth-order valence-electron chi connectivity index (χ4n) is 3.72. The molecule has 1 fully saturated rings. The van der Waals surface area contributed by atoms with Crippen molar-refractivity contribution in [3.63, 3.8) is 0 Å². The SMILES string of the molecule is COCCN1CCN(C(=O)CNC(=O)c2cc3c(s2)CCCC3)C[C@H]1C. The van der Waals surface area contributed by atoms with Gasteiger partial charge >= 0.3 is 0 Å². The third-order valence-corrected chi connectivity index (χ3v) is 6.56. The van der Waals surface area contributed by atoms with Crippen LogP contribution in [0.5, 0.6) is 0 Å². The van der Waals surface area contributed by atoms with E-state index in [1.54, 1.807) is 18.4 Å². The second-order valence-electron chi connectivity index (χ2n) is 7.17. The highest BCUT2D eigenvalue weighted by Gasteiger charge is 2.26. The molecule has 1 N–H and O–H groups in total. The van der Waals surface area contributed by atoms with E-state index in [1.807, 2.05) is 11.0 Å². The normalized spacial score (nSPS) is 20.7. The second-order valence-corrected chi connectivity index (χ2v) is 8.30. The first kappa shape index (κ1) is 19.3. The van der Waals surface area contributed by atoms with Crippen LogP contribution in [-0.4, -0.2) is 74.1 Å². The summed E-state index contributed by atoms with van der Waals surface area (Å²) in [6.07, 6.45) is 4.57. The van der Waals surface area contributed by atoms with E-state index in [-0.39, 0.29) is 18.4 Å². The molecule has 1 atom stereocenters. The van der Waals surface area contributed by atoms with Crippen LogP contribution in [-0.2, 0) is 22.4 Å². The quantitative estimate of drug-likeness (QED) is 0.814. The predicted molar refractivity (Wildman–Crippen MR) is 103 cm³/mol. The molecular weight excluding hydrogens is 350 g/mol. The first-order valence-corrected chi connectivity index (χ1v) is 10.3. The number of methoxy groups -OCH3 is 1. The minimum Gasteiger partial charge on any atom is -0.383 e. The molecule has 0 saturated carbocycles. The van der Waals surface area contributed by atoms with Crippen molar-refractivity contribution >= 4 is 23.2 Å². The number of thiophene rings is 1. The van der Waals surface area contributed by atoms with E-state index in [4.69, 9.17) is 4.74 Å². The lowest BCUT2D eigenvalue weighted by molar-refractivity contribution is -0.133. The molecule has 1 aromatic rings. The van der Waals surface area contributed by atoms with Crippen LogP contribution in [0.3, 0.4) is 0 Å². The molecular formula is C19H29N3O3S. The van der Waals surface area contributed by atoms with Gasteiger partial charge in [0.2, 0.25) is 5.91 Å². The Morgan fingerprint density at radius 1 is 1.31 bits per heavy atom. The molecule has 0 radical (unpaired) electrons. The summed E-state index contributed by atoms with van der Waals surface area (Å²) in [5.41, 5.74) is 1.32. The van der Waals surface area contributed by atoms with Crippen molar-refractivity contribution in [2.24, 2.45) is 0 Å². The van der Waals surface area contributed by atoms with Gasteiger partial charge in [-0.2, -0.15) is 0 Å². The van der Waals surface area contributed by atoms with Crippen LogP contribution >= 0.6 is 11.3 Å². The molecule has 7 heteroatoms. The zero-order chi connectivity index (χ0) is 18.5. The number of hydrogen-bond donors (Lipinski definition) is 1. The predicted octanol–water partition coefficient (Wildman–Crippen LogP) is 1.54. The Labute approximate surface area is 159 Å². The van der Waals surface area contributed by atoms with Crippen molar-refractivity contribution in [3.05, 3.63) is 21.4 Å². The lowest BCUT2D eigenvalue weighted by Crippen LogP contribution is -2.55. The van der Waals surface area contributed by atoms with Gasteiger partial charge < -0.3 is 15.0 Å². The fourth-order valence-corrected chi connectivity index (χ4v) is 4.89. The summed E-state index contributed by atoms with van der Waals surface area (Å²) in [7, 11) is 1.71. The molecule has 1 saturated heterocycles. The molecule has 1 aromatic heterocycles. The van der Waals surface area contributed by atoms with Crippen molar-refractivity contribution in [1.29, 1.82) is 0 Å². The third kappa shape index (κ3) is 4.64. The maximum Gasteiger partial charge on any atom is 0.261 e. The molecule has 3 rings (SSSR count). The lowest BCUT2D eigenvalue weighted by atomic mass is 9.99. The molecule has 0 aromatic carbocycles. The average Bonchev–Trinajstić information content (AvgIpc) is 3.09. The van der Waals surface area contributed by atoms with Gasteiger partial charge in [0.15, 0.2) is 0 Å². The van der Waals surface area contributed by atoms with Gasteiger partial charge in [-0.25, -0.2) is 0 Å². The highest BCUT2D eigenvalue weighted by Crippen LogP contribution is 2.29. The Balaban J connectivity index is 1.46. The minimum atomic E-state index is -0.121. The van der Waals surface area contributed by atoms with E-state index in [0.29, 0.717) is 25.7 Å². The topological polar surface area (TPSA) is 61.9 Å². The van der Waals surface area contributed by atoms with Crippen molar-refractivity contribution in [3.8, 4) is 0 Å². The number of carbonyl (C=O) groups excluding carboxylic acids is 2. The van der Waals surface area contributed by atoms with Gasteiger partial charge in [-0.05, 0) is 44.2 Å². The highest BCUT2D eigenvalue weighted by molar-refractivity contribution is 7.14. The van der Waals surface area contributed by atoms with Gasteiger partial charge in [0.05, 0.1) is 18.0 Å². The minimum absolute atomic E-state index is 0.00193. The Morgan fingerprint density at radius 3 is 2.85 bits per heavy atom. The number of aryl methyl sites for hydroxylation is 2. The fraction of sp³-hybridized carbons (Fsp3) is 0.684. The summed E-state index contributed by atoms with van der Waals surface area (Å²) in [5.74, 6) is -0.123. The number of carbonyl (C=O) groups is 2. The van der Waals surface area contributed by atoms with Crippen molar-refractivity contribution in [2.75, 3.05) is 46.4 Å². The van der Waals surface area contributed by atoms with Crippen LogP contribution in [0.25, 0.3) is 0 Å². The Hall–Kier alpha value is -1.44. The van der Waals surface area contributed by atoms with E-state index < -0.39 is 0 Å². The Morgan fingerprint density at radius 2 is 2.12 bits per heavy atom. The van der Waals surface area contributed by atoms with Crippen LogP contribution in [0.15, 0.2) is 6.07 Å². The summed E-state index contributed by atoms with van der Waals surface area (Å²) >= 11 is 1.58. The monoisotopic (exact) mass is 379 g/mol. The van der Waals surface area contributed by atoms with Crippen LogP contribution in [0.1, 0.15) is 39.9 Å². The number of nitrogens with zero attached hydrogens (tertiary/aromatic N) is 2. The molecule has 144 valence electrons. The Bertz CT molecular complexity index is 622. The van der Waals surface area contributed by atoms with Gasteiger partial charge in [-0.1, -0.05) is 0 Å². The van der Waals surface area contributed by atoms with Crippen LogP contribution in [0, 0.1) is 0 Å². The van der Waals surface area contributed by atoms with E-state index in [9.17, 15) is 9.59 Å². The molecule has 1 aliphatic heterocycles. The lowest BCUT2D eigenvalue weighted by Gasteiger charge is -2.39. The summed E-state index contributed by atoms with van der Waals surface area (Å²) < 4.78 is 5.14. The van der Waals surface area contributed by atoms with Gasteiger partial charge in [-0.3, -0.25) is 14.5 Å². The van der Waals surface area contributed by atoms with Gasteiger partial charge in [0.25, 0.3) is 5.91 Å². The molecule has 2 aliphatic rings. The zero-order valence-corrected chi connectivity index (χ0v) is 16.6. The number of fused-ring (bicyclic) bond motifs is 1. The largest absolute Gasteiger partial charge is 0.383 e. The van der Waals surface area contributed by atoms with Gasteiger partial charge in [-0.15, -0.1) is 11.3 Å². The molecule has 0 spiro atoms. The Kier molecular flexibility index (Phi) is 6.67. The molecule has 2 heterocycles. The summed E-state index contributed by atoms with van der Waals surface area (Å²) in [6.45, 7) is 6.05. The van der Waals surface area contributed by atoms with Crippen LogP contribution in [0.4, 0.5) is 0 Å². The zero-order valence-electron chi connectivity index (χ0n) is 15.8. The number of nitrogens with one attached hydrogen (secondary N) is 1. The first-order valence-electron chi connectivity index (χ1n) is 9.49. The molecule has 0 bridgehead atoms.